The Morgan fingerprint density at radius 1 is 1.35 bits per heavy atom. The van der Waals surface area contributed by atoms with E-state index in [4.69, 9.17) is 15.2 Å². The molecule has 1 amide bonds. The molecule has 5 nitrogen and oxygen atoms in total. The number of benzene rings is 1. The van der Waals surface area contributed by atoms with Crippen LogP contribution in [0.4, 0.5) is 0 Å². The lowest BCUT2D eigenvalue weighted by Crippen LogP contribution is -2.45. The van der Waals surface area contributed by atoms with Crippen molar-refractivity contribution in [3.8, 4) is 11.5 Å². The zero-order valence-electron chi connectivity index (χ0n) is 11.8. The number of carbonyl (C=O) groups is 1. The first kappa shape index (κ1) is 16.6. The lowest BCUT2D eigenvalue weighted by molar-refractivity contribution is 0.0705. The average Bonchev–Trinajstić information content (AvgIpc) is 2.45. The van der Waals surface area contributed by atoms with Crippen LogP contribution < -0.4 is 15.2 Å². The summed E-state index contributed by atoms with van der Waals surface area (Å²) in [5.41, 5.74) is 6.47. The molecule has 1 fully saturated rings. The summed E-state index contributed by atoms with van der Waals surface area (Å²) in [5, 5.41) is 0. The number of hydrogen-bond donors (Lipinski definition) is 1. The van der Waals surface area contributed by atoms with Crippen LogP contribution in [0.15, 0.2) is 18.2 Å². The molecule has 0 radical (unpaired) electrons. The summed E-state index contributed by atoms with van der Waals surface area (Å²) in [6.07, 6.45) is 1.93. The third kappa shape index (κ3) is 3.55. The van der Waals surface area contributed by atoms with E-state index in [0.29, 0.717) is 23.6 Å². The minimum Gasteiger partial charge on any atom is -0.497 e. The third-order valence-electron chi connectivity index (χ3n) is 3.38. The van der Waals surface area contributed by atoms with E-state index in [2.05, 4.69) is 0 Å². The fourth-order valence-corrected chi connectivity index (χ4v) is 2.34. The van der Waals surface area contributed by atoms with E-state index in [1.54, 1.807) is 37.3 Å². The summed E-state index contributed by atoms with van der Waals surface area (Å²) >= 11 is 0. The van der Waals surface area contributed by atoms with E-state index in [1.807, 2.05) is 0 Å². The zero-order valence-corrected chi connectivity index (χ0v) is 12.6. The molecule has 0 saturated carbocycles. The number of likely N-dealkylation sites (tertiary alicyclic amines) is 1. The lowest BCUT2D eigenvalue weighted by Gasteiger charge is -2.31. The predicted molar refractivity (Wildman–Crippen MR) is 79.9 cm³/mol. The number of nitrogens with two attached hydrogens (primary N) is 1. The van der Waals surface area contributed by atoms with Crippen LogP contribution in [-0.4, -0.2) is 44.2 Å². The second kappa shape index (κ2) is 7.36. The molecule has 1 unspecified atom stereocenters. The average molecular weight is 301 g/mol. The molecule has 1 saturated heterocycles. The number of carbonyl (C=O) groups excluding carboxylic acids is 1. The molecule has 2 rings (SSSR count). The van der Waals surface area contributed by atoms with Gasteiger partial charge in [-0.05, 0) is 25.0 Å². The first-order valence-corrected chi connectivity index (χ1v) is 6.42. The van der Waals surface area contributed by atoms with Crippen molar-refractivity contribution in [2.75, 3.05) is 27.3 Å². The minimum atomic E-state index is -0.0327. The fourth-order valence-electron chi connectivity index (χ4n) is 2.34. The maximum absolute atomic E-state index is 12.5. The molecule has 2 N–H and O–H groups in total. The van der Waals surface area contributed by atoms with Crippen LogP contribution in [0.5, 0.6) is 11.5 Å². The summed E-state index contributed by atoms with van der Waals surface area (Å²) < 4.78 is 10.4. The van der Waals surface area contributed by atoms with Gasteiger partial charge >= 0.3 is 0 Å². The molecule has 1 heterocycles. The Labute approximate surface area is 125 Å². The molecular weight excluding hydrogens is 280 g/mol. The van der Waals surface area contributed by atoms with Crippen LogP contribution in [0.1, 0.15) is 23.2 Å². The molecule has 1 aromatic rings. The minimum absolute atomic E-state index is 0. The third-order valence-corrected chi connectivity index (χ3v) is 3.38. The Hall–Kier alpha value is -1.46. The Morgan fingerprint density at radius 3 is 2.70 bits per heavy atom. The number of amides is 1. The zero-order chi connectivity index (χ0) is 13.8. The van der Waals surface area contributed by atoms with Gasteiger partial charge in [0.1, 0.15) is 11.5 Å². The van der Waals surface area contributed by atoms with E-state index < -0.39 is 0 Å². The van der Waals surface area contributed by atoms with Gasteiger partial charge in [0.25, 0.3) is 5.91 Å². The van der Waals surface area contributed by atoms with Crippen molar-refractivity contribution in [3.05, 3.63) is 23.8 Å². The number of nitrogens with zero attached hydrogens (tertiary/aromatic N) is 1. The highest BCUT2D eigenvalue weighted by molar-refractivity contribution is 5.97. The van der Waals surface area contributed by atoms with E-state index in [1.165, 1.54) is 0 Å². The Bertz CT molecular complexity index is 468. The van der Waals surface area contributed by atoms with Crippen molar-refractivity contribution in [1.29, 1.82) is 0 Å². The number of hydrogen-bond acceptors (Lipinski definition) is 4. The highest BCUT2D eigenvalue weighted by Crippen LogP contribution is 2.26. The monoisotopic (exact) mass is 300 g/mol. The van der Waals surface area contributed by atoms with Gasteiger partial charge in [-0.2, -0.15) is 0 Å². The first-order valence-electron chi connectivity index (χ1n) is 6.42. The standard InChI is InChI=1S/C14H20N2O3.ClH/c1-18-11-5-6-12(13(8-11)19-2)14(17)16-7-3-4-10(15)9-16;/h5-6,8,10H,3-4,7,9,15H2,1-2H3;1H. The molecule has 1 aromatic carbocycles. The van der Waals surface area contributed by atoms with Crippen LogP contribution in [0, 0.1) is 0 Å². The highest BCUT2D eigenvalue weighted by atomic mass is 35.5. The van der Waals surface area contributed by atoms with Gasteiger partial charge in [-0.15, -0.1) is 12.4 Å². The first-order chi connectivity index (χ1) is 9.15. The van der Waals surface area contributed by atoms with Gasteiger partial charge in [-0.3, -0.25) is 4.79 Å². The molecule has 20 heavy (non-hydrogen) atoms. The quantitative estimate of drug-likeness (QED) is 0.922. The second-order valence-electron chi connectivity index (χ2n) is 4.72. The molecule has 1 atom stereocenters. The summed E-state index contributed by atoms with van der Waals surface area (Å²) in [6, 6.07) is 5.29. The molecule has 0 bridgehead atoms. The number of rotatable bonds is 3. The highest BCUT2D eigenvalue weighted by Gasteiger charge is 2.24. The van der Waals surface area contributed by atoms with Crippen molar-refractivity contribution in [2.45, 2.75) is 18.9 Å². The smallest absolute Gasteiger partial charge is 0.257 e. The molecule has 6 heteroatoms. The predicted octanol–water partition coefficient (Wildman–Crippen LogP) is 1.69. The number of ether oxygens (including phenoxy) is 2. The van der Waals surface area contributed by atoms with E-state index in [9.17, 15) is 4.79 Å². The van der Waals surface area contributed by atoms with Gasteiger partial charge < -0.3 is 20.1 Å². The van der Waals surface area contributed by atoms with Crippen molar-refractivity contribution in [3.63, 3.8) is 0 Å². The Balaban J connectivity index is 0.00000200. The SMILES string of the molecule is COc1ccc(C(=O)N2CCCC(N)C2)c(OC)c1.Cl. The van der Waals surface area contributed by atoms with Crippen LogP contribution in [-0.2, 0) is 0 Å². The lowest BCUT2D eigenvalue weighted by atomic mass is 10.0. The van der Waals surface area contributed by atoms with Crippen LogP contribution in [0.25, 0.3) is 0 Å². The van der Waals surface area contributed by atoms with Crippen LogP contribution >= 0.6 is 12.4 Å². The van der Waals surface area contributed by atoms with Gasteiger partial charge in [-0.1, -0.05) is 0 Å². The van der Waals surface area contributed by atoms with Gasteiger partial charge in [0.15, 0.2) is 0 Å². The van der Waals surface area contributed by atoms with Crippen molar-refractivity contribution >= 4 is 18.3 Å². The molecule has 0 spiro atoms. The topological polar surface area (TPSA) is 64.8 Å². The second-order valence-corrected chi connectivity index (χ2v) is 4.72. The van der Waals surface area contributed by atoms with Crippen LogP contribution in [0.2, 0.25) is 0 Å². The Morgan fingerprint density at radius 2 is 2.10 bits per heavy atom. The van der Waals surface area contributed by atoms with Gasteiger partial charge in [0.2, 0.25) is 0 Å². The maximum atomic E-state index is 12.5. The maximum Gasteiger partial charge on any atom is 0.257 e. The van der Waals surface area contributed by atoms with Gasteiger partial charge in [0.05, 0.1) is 19.8 Å². The number of piperidine rings is 1. The van der Waals surface area contributed by atoms with Crippen molar-refractivity contribution in [1.82, 2.24) is 4.90 Å². The van der Waals surface area contributed by atoms with E-state index in [0.717, 1.165) is 19.4 Å². The molecular formula is C14H21ClN2O3. The molecule has 1 aliphatic heterocycles. The molecule has 0 aromatic heterocycles. The molecule has 0 aliphatic carbocycles. The number of halogens is 1. The molecule has 1 aliphatic rings. The van der Waals surface area contributed by atoms with E-state index in [-0.39, 0.29) is 24.4 Å². The summed E-state index contributed by atoms with van der Waals surface area (Å²) in [5.74, 6) is 1.17. The summed E-state index contributed by atoms with van der Waals surface area (Å²) in [7, 11) is 3.13. The largest absolute Gasteiger partial charge is 0.497 e. The van der Waals surface area contributed by atoms with Gasteiger partial charge in [0, 0.05) is 25.2 Å². The normalized spacial score (nSPS) is 18.1. The van der Waals surface area contributed by atoms with Gasteiger partial charge in [-0.25, -0.2) is 0 Å². The van der Waals surface area contributed by atoms with E-state index >= 15 is 0 Å². The molecule has 112 valence electrons. The van der Waals surface area contributed by atoms with Crippen LogP contribution in [0.3, 0.4) is 0 Å². The Kier molecular flexibility index (Phi) is 6.10. The number of methoxy groups -OCH3 is 2. The van der Waals surface area contributed by atoms with Crippen molar-refractivity contribution < 1.29 is 14.3 Å². The summed E-state index contributed by atoms with van der Waals surface area (Å²) in [6.45, 7) is 1.36. The fraction of sp³-hybridized carbons (Fsp3) is 0.500. The van der Waals surface area contributed by atoms with Crippen molar-refractivity contribution in [2.24, 2.45) is 5.73 Å². The summed E-state index contributed by atoms with van der Waals surface area (Å²) in [4.78, 5) is 14.3.